The number of urea groups is 1. The number of nitrogens with zero attached hydrogens (tertiary/aromatic N) is 1. The molecule has 0 aliphatic heterocycles. The van der Waals surface area contributed by atoms with Gasteiger partial charge in [0.1, 0.15) is 6.07 Å². The minimum absolute atomic E-state index is 0.239. The Bertz CT molecular complexity index is 489. The number of carbonyl (C=O) groups is 1. The normalized spacial score (nSPS) is 15.1. The summed E-state index contributed by atoms with van der Waals surface area (Å²) in [5.41, 5.74) is 0.988. The summed E-state index contributed by atoms with van der Waals surface area (Å²) in [5.74, 6) is 0. The van der Waals surface area contributed by atoms with E-state index in [2.05, 4.69) is 32.6 Å². The van der Waals surface area contributed by atoms with Crippen LogP contribution in [0.25, 0.3) is 0 Å². The van der Waals surface area contributed by atoms with Crippen LogP contribution in [-0.4, -0.2) is 12.1 Å². The SMILES string of the molecule is N#Cc1ccc(Br)cc1NC(=O)NC1CCCC1. The van der Waals surface area contributed by atoms with Gasteiger partial charge in [-0.05, 0) is 31.0 Å². The molecule has 5 heteroatoms. The molecule has 1 aromatic carbocycles. The van der Waals surface area contributed by atoms with Gasteiger partial charge in [0.2, 0.25) is 0 Å². The van der Waals surface area contributed by atoms with E-state index >= 15 is 0 Å². The zero-order valence-corrected chi connectivity index (χ0v) is 11.5. The molecule has 0 aromatic heterocycles. The Balaban J connectivity index is 2.02. The maximum Gasteiger partial charge on any atom is 0.319 e. The lowest BCUT2D eigenvalue weighted by molar-refractivity contribution is 0.248. The number of benzene rings is 1. The first-order valence-electron chi connectivity index (χ1n) is 5.96. The van der Waals surface area contributed by atoms with E-state index in [-0.39, 0.29) is 12.1 Å². The van der Waals surface area contributed by atoms with E-state index < -0.39 is 0 Å². The summed E-state index contributed by atoms with van der Waals surface area (Å²) >= 11 is 3.32. The molecule has 94 valence electrons. The summed E-state index contributed by atoms with van der Waals surface area (Å²) in [5, 5.41) is 14.6. The smallest absolute Gasteiger partial charge is 0.319 e. The van der Waals surface area contributed by atoms with Crippen molar-refractivity contribution in [3.8, 4) is 6.07 Å². The molecule has 2 amide bonds. The molecule has 0 bridgehead atoms. The summed E-state index contributed by atoms with van der Waals surface area (Å²) in [6.07, 6.45) is 4.42. The van der Waals surface area contributed by atoms with Crippen LogP contribution in [0.2, 0.25) is 0 Å². The lowest BCUT2D eigenvalue weighted by Gasteiger charge is -2.13. The molecule has 0 heterocycles. The highest BCUT2D eigenvalue weighted by Gasteiger charge is 2.17. The molecule has 0 atom stereocenters. The van der Waals surface area contributed by atoms with Crippen molar-refractivity contribution in [3.05, 3.63) is 28.2 Å². The van der Waals surface area contributed by atoms with Gasteiger partial charge in [0.15, 0.2) is 0 Å². The van der Waals surface area contributed by atoms with Crippen molar-refractivity contribution in [3.63, 3.8) is 0 Å². The molecule has 2 N–H and O–H groups in total. The molecule has 0 radical (unpaired) electrons. The number of hydrogen-bond acceptors (Lipinski definition) is 2. The van der Waals surface area contributed by atoms with E-state index in [0.29, 0.717) is 11.3 Å². The average molecular weight is 308 g/mol. The van der Waals surface area contributed by atoms with Gasteiger partial charge in [-0.2, -0.15) is 5.26 Å². The predicted octanol–water partition coefficient (Wildman–Crippen LogP) is 3.38. The van der Waals surface area contributed by atoms with Crippen molar-refractivity contribution in [1.82, 2.24) is 5.32 Å². The number of nitriles is 1. The topological polar surface area (TPSA) is 64.9 Å². The van der Waals surface area contributed by atoms with Crippen LogP contribution in [0, 0.1) is 11.3 Å². The Hall–Kier alpha value is -1.54. The molecule has 1 fully saturated rings. The molecule has 1 saturated carbocycles. The highest BCUT2D eigenvalue weighted by Crippen LogP contribution is 2.21. The number of anilines is 1. The summed E-state index contributed by atoms with van der Waals surface area (Å²) in [6.45, 7) is 0. The Kier molecular flexibility index (Phi) is 4.21. The summed E-state index contributed by atoms with van der Waals surface area (Å²) in [4.78, 5) is 11.8. The third-order valence-corrected chi connectivity index (χ3v) is 3.53. The number of halogens is 1. The van der Waals surface area contributed by atoms with E-state index in [4.69, 9.17) is 5.26 Å². The second kappa shape index (κ2) is 5.87. The fourth-order valence-electron chi connectivity index (χ4n) is 2.13. The van der Waals surface area contributed by atoms with Crippen LogP contribution in [0.5, 0.6) is 0 Å². The lowest BCUT2D eigenvalue weighted by Crippen LogP contribution is -2.36. The minimum Gasteiger partial charge on any atom is -0.335 e. The van der Waals surface area contributed by atoms with Crippen molar-refractivity contribution < 1.29 is 4.79 Å². The number of rotatable bonds is 2. The van der Waals surface area contributed by atoms with Crippen LogP contribution in [-0.2, 0) is 0 Å². The van der Waals surface area contributed by atoms with E-state index in [9.17, 15) is 4.79 Å². The number of carbonyl (C=O) groups excluding carboxylic acids is 1. The van der Waals surface area contributed by atoms with E-state index in [1.807, 2.05) is 0 Å². The quantitative estimate of drug-likeness (QED) is 0.879. The molecule has 18 heavy (non-hydrogen) atoms. The maximum absolute atomic E-state index is 11.8. The van der Waals surface area contributed by atoms with Gasteiger partial charge in [0.05, 0.1) is 11.3 Å². The molecule has 1 aliphatic carbocycles. The van der Waals surface area contributed by atoms with E-state index in [0.717, 1.165) is 17.3 Å². The van der Waals surface area contributed by atoms with Crippen molar-refractivity contribution in [2.45, 2.75) is 31.7 Å². The summed E-state index contributed by atoms with van der Waals surface area (Å²) in [6, 6.07) is 7.27. The molecular weight excluding hydrogens is 294 g/mol. The maximum atomic E-state index is 11.8. The molecule has 0 saturated heterocycles. The highest BCUT2D eigenvalue weighted by atomic mass is 79.9. The first kappa shape index (κ1) is 12.9. The molecule has 0 spiro atoms. The largest absolute Gasteiger partial charge is 0.335 e. The van der Waals surface area contributed by atoms with Crippen LogP contribution in [0.15, 0.2) is 22.7 Å². The van der Waals surface area contributed by atoms with Gasteiger partial charge >= 0.3 is 6.03 Å². The predicted molar refractivity (Wildman–Crippen MR) is 73.3 cm³/mol. The zero-order chi connectivity index (χ0) is 13.0. The van der Waals surface area contributed by atoms with Crippen LogP contribution in [0.3, 0.4) is 0 Å². The zero-order valence-electron chi connectivity index (χ0n) is 9.87. The van der Waals surface area contributed by atoms with Gasteiger partial charge in [-0.25, -0.2) is 4.79 Å². The van der Waals surface area contributed by atoms with Crippen LogP contribution in [0.4, 0.5) is 10.5 Å². The Labute approximate surface area is 115 Å². The van der Waals surface area contributed by atoms with Gasteiger partial charge in [0.25, 0.3) is 0 Å². The number of hydrogen-bond donors (Lipinski definition) is 2. The minimum atomic E-state index is -0.239. The molecule has 0 unspecified atom stereocenters. The first-order valence-corrected chi connectivity index (χ1v) is 6.75. The van der Waals surface area contributed by atoms with E-state index in [1.54, 1.807) is 18.2 Å². The monoisotopic (exact) mass is 307 g/mol. The third kappa shape index (κ3) is 3.23. The number of nitrogens with one attached hydrogen (secondary N) is 2. The fourth-order valence-corrected chi connectivity index (χ4v) is 2.49. The summed E-state index contributed by atoms with van der Waals surface area (Å²) < 4.78 is 0.831. The van der Waals surface area contributed by atoms with Crippen LogP contribution in [0.1, 0.15) is 31.2 Å². The van der Waals surface area contributed by atoms with Gasteiger partial charge in [0, 0.05) is 10.5 Å². The number of amides is 2. The molecule has 2 rings (SSSR count). The van der Waals surface area contributed by atoms with Crippen molar-refractivity contribution in [2.24, 2.45) is 0 Å². The standard InChI is InChI=1S/C13H14BrN3O/c14-10-6-5-9(8-15)12(7-10)17-13(18)16-11-3-1-2-4-11/h5-7,11H,1-4H2,(H2,16,17,18). The highest BCUT2D eigenvalue weighted by molar-refractivity contribution is 9.10. The Morgan fingerprint density at radius 1 is 1.39 bits per heavy atom. The third-order valence-electron chi connectivity index (χ3n) is 3.04. The Morgan fingerprint density at radius 3 is 2.78 bits per heavy atom. The second-order valence-electron chi connectivity index (χ2n) is 4.38. The van der Waals surface area contributed by atoms with Crippen LogP contribution < -0.4 is 10.6 Å². The second-order valence-corrected chi connectivity index (χ2v) is 5.30. The molecule has 1 aromatic rings. The Morgan fingerprint density at radius 2 is 2.11 bits per heavy atom. The molecule has 1 aliphatic rings. The van der Waals surface area contributed by atoms with Crippen LogP contribution >= 0.6 is 15.9 Å². The summed E-state index contributed by atoms with van der Waals surface area (Å²) in [7, 11) is 0. The average Bonchev–Trinajstić information content (AvgIpc) is 2.82. The van der Waals surface area contributed by atoms with Crippen molar-refractivity contribution >= 4 is 27.6 Å². The van der Waals surface area contributed by atoms with Gasteiger partial charge in [-0.1, -0.05) is 28.8 Å². The van der Waals surface area contributed by atoms with Gasteiger partial charge in [-0.15, -0.1) is 0 Å². The fraction of sp³-hybridized carbons (Fsp3) is 0.385. The molecular formula is C13H14BrN3O. The lowest BCUT2D eigenvalue weighted by atomic mass is 10.2. The van der Waals surface area contributed by atoms with E-state index in [1.165, 1.54) is 12.8 Å². The van der Waals surface area contributed by atoms with Crippen molar-refractivity contribution in [1.29, 1.82) is 5.26 Å². The van der Waals surface area contributed by atoms with Crippen molar-refractivity contribution in [2.75, 3.05) is 5.32 Å². The molecule has 4 nitrogen and oxygen atoms in total. The van der Waals surface area contributed by atoms with Gasteiger partial charge < -0.3 is 10.6 Å². The van der Waals surface area contributed by atoms with Gasteiger partial charge in [-0.3, -0.25) is 0 Å². The first-order chi connectivity index (χ1) is 8.69.